The van der Waals surface area contributed by atoms with Gasteiger partial charge in [0.25, 0.3) is 0 Å². The minimum Gasteiger partial charge on any atom is -0.369 e. The minimum absolute atomic E-state index is 0.0660. The minimum atomic E-state index is -0.657. The number of nitrogens with one attached hydrogen (secondary N) is 1. The number of carbonyl (C=O) groups excluding carboxylic acids is 1. The maximum Gasteiger partial charge on any atom is 0.250 e. The lowest BCUT2D eigenvalue weighted by molar-refractivity contribution is -0.121. The van der Waals surface area contributed by atoms with Crippen LogP contribution in [-0.4, -0.2) is 18.6 Å². The van der Waals surface area contributed by atoms with Crippen LogP contribution < -0.4 is 5.32 Å². The molecule has 0 unspecified atom stereocenters. The average Bonchev–Trinajstić information content (AvgIpc) is 2.27. The van der Waals surface area contributed by atoms with Crippen LogP contribution in [0.25, 0.3) is 0 Å². The molecule has 17 heavy (non-hydrogen) atoms. The van der Waals surface area contributed by atoms with Crippen LogP contribution in [0.2, 0.25) is 0 Å². The summed E-state index contributed by atoms with van der Waals surface area (Å²) in [5, 5.41) is 11.2. The molecule has 1 rings (SSSR count). The number of ether oxygens (including phenoxy) is 1. The van der Waals surface area contributed by atoms with Gasteiger partial charge in [0.1, 0.15) is 24.1 Å². The molecule has 1 aromatic carbocycles. The second-order valence-electron chi connectivity index (χ2n) is 3.68. The zero-order chi connectivity index (χ0) is 12.8. The summed E-state index contributed by atoms with van der Waals surface area (Å²) in [6, 6.07) is 5.76. The first-order valence-corrected chi connectivity index (χ1v) is 5.14. The molecule has 0 saturated carbocycles. The number of hydrogen-bond acceptors (Lipinski definition) is 3. The van der Waals surface area contributed by atoms with Gasteiger partial charge in [-0.15, -0.1) is 0 Å². The number of benzene rings is 1. The highest BCUT2D eigenvalue weighted by atomic mass is 19.1. The van der Waals surface area contributed by atoms with Crippen molar-refractivity contribution in [1.82, 2.24) is 0 Å². The lowest BCUT2D eigenvalue weighted by Crippen LogP contribution is -2.21. The molecular weight excluding hydrogens is 223 g/mol. The van der Waals surface area contributed by atoms with E-state index in [1.165, 1.54) is 18.2 Å². The van der Waals surface area contributed by atoms with E-state index in [9.17, 15) is 9.18 Å². The first-order valence-electron chi connectivity index (χ1n) is 5.14. The Labute approximate surface area is 99.0 Å². The van der Waals surface area contributed by atoms with Gasteiger partial charge >= 0.3 is 0 Å². The van der Waals surface area contributed by atoms with Crippen LogP contribution in [0.15, 0.2) is 18.2 Å². The van der Waals surface area contributed by atoms with Gasteiger partial charge in [-0.1, -0.05) is 6.07 Å². The Hall–Kier alpha value is -1.93. The van der Waals surface area contributed by atoms with Crippen molar-refractivity contribution in [3.63, 3.8) is 0 Å². The van der Waals surface area contributed by atoms with E-state index in [2.05, 4.69) is 5.32 Å². The third kappa shape index (κ3) is 3.85. The smallest absolute Gasteiger partial charge is 0.250 e. The standard InChI is InChI=1S/C12H13FN2O2/c1-8(2)17-7-12(16)15-11-5-3-4-10(13)9(11)6-14/h3-5,8H,7H2,1-2H3,(H,15,16). The van der Waals surface area contributed by atoms with E-state index >= 15 is 0 Å². The van der Waals surface area contributed by atoms with Crippen LogP contribution in [0.4, 0.5) is 10.1 Å². The fourth-order valence-corrected chi connectivity index (χ4v) is 1.17. The van der Waals surface area contributed by atoms with Gasteiger partial charge in [-0.2, -0.15) is 5.26 Å². The quantitative estimate of drug-likeness (QED) is 0.870. The highest BCUT2D eigenvalue weighted by molar-refractivity contribution is 5.93. The second kappa shape index (κ2) is 5.97. The van der Waals surface area contributed by atoms with Gasteiger partial charge in [-0.25, -0.2) is 4.39 Å². The maximum atomic E-state index is 13.2. The van der Waals surface area contributed by atoms with E-state index in [4.69, 9.17) is 10.00 Å². The molecule has 0 heterocycles. The lowest BCUT2D eigenvalue weighted by Gasteiger charge is -2.09. The number of amides is 1. The van der Waals surface area contributed by atoms with E-state index in [-0.39, 0.29) is 24.0 Å². The molecule has 1 N–H and O–H groups in total. The largest absolute Gasteiger partial charge is 0.369 e. The van der Waals surface area contributed by atoms with Gasteiger partial charge in [-0.3, -0.25) is 4.79 Å². The Morgan fingerprint density at radius 2 is 2.29 bits per heavy atom. The first kappa shape index (κ1) is 13.1. The predicted octanol–water partition coefficient (Wildman–Crippen LogP) is 2.06. The molecule has 5 heteroatoms. The molecule has 0 saturated heterocycles. The third-order valence-corrected chi connectivity index (χ3v) is 1.95. The monoisotopic (exact) mass is 236 g/mol. The maximum absolute atomic E-state index is 13.2. The van der Waals surface area contributed by atoms with Crippen LogP contribution in [0, 0.1) is 17.1 Å². The number of nitrogens with zero attached hydrogens (tertiary/aromatic N) is 1. The van der Waals surface area contributed by atoms with E-state index in [0.717, 1.165) is 0 Å². The van der Waals surface area contributed by atoms with Crippen LogP contribution in [0.3, 0.4) is 0 Å². The molecular formula is C12H13FN2O2. The predicted molar refractivity (Wildman–Crippen MR) is 60.8 cm³/mol. The summed E-state index contributed by atoms with van der Waals surface area (Å²) in [4.78, 5) is 11.4. The molecule has 1 amide bonds. The number of hydrogen-bond donors (Lipinski definition) is 1. The Bertz CT molecular complexity index is 452. The topological polar surface area (TPSA) is 62.1 Å². The van der Waals surface area contributed by atoms with Crippen LogP contribution in [0.1, 0.15) is 19.4 Å². The van der Waals surface area contributed by atoms with Crippen molar-refractivity contribution in [2.75, 3.05) is 11.9 Å². The summed E-state index contributed by atoms with van der Waals surface area (Å²) >= 11 is 0. The number of halogens is 1. The van der Waals surface area contributed by atoms with Crippen molar-refractivity contribution >= 4 is 11.6 Å². The Balaban J connectivity index is 2.72. The van der Waals surface area contributed by atoms with E-state index in [1.54, 1.807) is 19.9 Å². The van der Waals surface area contributed by atoms with Crippen molar-refractivity contribution in [2.45, 2.75) is 20.0 Å². The molecule has 0 fully saturated rings. The van der Waals surface area contributed by atoms with E-state index in [1.807, 2.05) is 0 Å². The molecule has 4 nitrogen and oxygen atoms in total. The van der Waals surface area contributed by atoms with Gasteiger partial charge < -0.3 is 10.1 Å². The Kier molecular flexibility index (Phi) is 4.61. The zero-order valence-electron chi connectivity index (χ0n) is 9.66. The summed E-state index contributed by atoms with van der Waals surface area (Å²) < 4.78 is 18.3. The zero-order valence-corrected chi connectivity index (χ0v) is 9.66. The molecule has 0 aliphatic heterocycles. The molecule has 0 atom stereocenters. The normalized spacial score (nSPS) is 10.1. The summed E-state index contributed by atoms with van der Waals surface area (Å²) in [6.07, 6.45) is -0.0660. The number of carbonyl (C=O) groups is 1. The van der Waals surface area contributed by atoms with Gasteiger partial charge in [-0.05, 0) is 26.0 Å². The number of nitriles is 1. The Morgan fingerprint density at radius 3 is 2.88 bits per heavy atom. The Morgan fingerprint density at radius 1 is 1.59 bits per heavy atom. The van der Waals surface area contributed by atoms with Crippen LogP contribution >= 0.6 is 0 Å². The van der Waals surface area contributed by atoms with Crippen molar-refractivity contribution in [3.8, 4) is 6.07 Å². The molecule has 0 spiro atoms. The highest BCUT2D eigenvalue weighted by Crippen LogP contribution is 2.17. The lowest BCUT2D eigenvalue weighted by atomic mass is 10.2. The molecule has 1 aromatic rings. The first-order chi connectivity index (χ1) is 8.04. The highest BCUT2D eigenvalue weighted by Gasteiger charge is 2.10. The molecule has 0 bridgehead atoms. The van der Waals surface area contributed by atoms with Crippen molar-refractivity contribution in [1.29, 1.82) is 5.26 Å². The van der Waals surface area contributed by atoms with Gasteiger partial charge in [0.2, 0.25) is 5.91 Å². The molecule has 0 aliphatic rings. The van der Waals surface area contributed by atoms with Crippen molar-refractivity contribution < 1.29 is 13.9 Å². The van der Waals surface area contributed by atoms with Crippen LogP contribution in [-0.2, 0) is 9.53 Å². The summed E-state index contributed by atoms with van der Waals surface area (Å²) in [5.74, 6) is -1.07. The van der Waals surface area contributed by atoms with Gasteiger partial charge in [0.05, 0.1) is 11.8 Å². The van der Waals surface area contributed by atoms with Gasteiger partial charge in [0.15, 0.2) is 0 Å². The fourth-order valence-electron chi connectivity index (χ4n) is 1.17. The molecule has 0 radical (unpaired) electrons. The molecule has 0 aliphatic carbocycles. The van der Waals surface area contributed by atoms with Crippen molar-refractivity contribution in [3.05, 3.63) is 29.6 Å². The van der Waals surface area contributed by atoms with Crippen molar-refractivity contribution in [2.24, 2.45) is 0 Å². The fraction of sp³-hybridized carbons (Fsp3) is 0.333. The van der Waals surface area contributed by atoms with E-state index < -0.39 is 11.7 Å². The molecule has 0 aromatic heterocycles. The van der Waals surface area contributed by atoms with Gasteiger partial charge in [0, 0.05) is 0 Å². The summed E-state index contributed by atoms with van der Waals surface area (Å²) in [6.45, 7) is 3.48. The summed E-state index contributed by atoms with van der Waals surface area (Å²) in [7, 11) is 0. The third-order valence-electron chi connectivity index (χ3n) is 1.95. The van der Waals surface area contributed by atoms with E-state index in [0.29, 0.717) is 0 Å². The average molecular weight is 236 g/mol. The van der Waals surface area contributed by atoms with Crippen LogP contribution in [0.5, 0.6) is 0 Å². The second-order valence-corrected chi connectivity index (χ2v) is 3.68. The number of anilines is 1. The number of rotatable bonds is 4. The SMILES string of the molecule is CC(C)OCC(=O)Nc1cccc(F)c1C#N. The summed E-state index contributed by atoms with van der Waals surface area (Å²) in [5.41, 5.74) is -0.0183. The molecule has 90 valence electrons.